The number of aryl methyl sites for hydroxylation is 2. The van der Waals surface area contributed by atoms with Crippen LogP contribution in [0.3, 0.4) is 0 Å². The summed E-state index contributed by atoms with van der Waals surface area (Å²) >= 11 is 0. The second-order valence-corrected chi connectivity index (χ2v) is 4.65. The molecule has 0 aliphatic heterocycles. The maximum Gasteiger partial charge on any atom is 0.136 e. The van der Waals surface area contributed by atoms with Crippen LogP contribution >= 0.6 is 0 Å². The third-order valence-electron chi connectivity index (χ3n) is 3.05. The number of para-hydroxylation sites is 1. The van der Waals surface area contributed by atoms with Crippen molar-refractivity contribution in [3.05, 3.63) is 58.9 Å². The lowest BCUT2D eigenvalue weighted by Gasteiger charge is -2.16. The van der Waals surface area contributed by atoms with Crippen LogP contribution in [0.15, 0.2) is 36.4 Å². The minimum atomic E-state index is -0.916. The van der Waals surface area contributed by atoms with Gasteiger partial charge in [-0.05, 0) is 44.0 Å². The maximum atomic E-state index is 13.8. The smallest absolute Gasteiger partial charge is 0.136 e. The van der Waals surface area contributed by atoms with Gasteiger partial charge in [-0.25, -0.2) is 4.39 Å². The van der Waals surface area contributed by atoms with Crippen molar-refractivity contribution in [3.63, 3.8) is 0 Å². The van der Waals surface area contributed by atoms with Gasteiger partial charge in [0, 0.05) is 0 Å². The number of hydrogen-bond donors (Lipinski definition) is 1. The van der Waals surface area contributed by atoms with Crippen LogP contribution in [0.2, 0.25) is 0 Å². The van der Waals surface area contributed by atoms with Crippen LogP contribution in [-0.4, -0.2) is 5.11 Å². The number of ether oxygens (including phenoxy) is 1. The summed E-state index contributed by atoms with van der Waals surface area (Å²) in [7, 11) is 0. The van der Waals surface area contributed by atoms with E-state index in [1.54, 1.807) is 12.1 Å². The van der Waals surface area contributed by atoms with Crippen molar-refractivity contribution in [2.24, 2.45) is 0 Å². The number of halogens is 1. The first-order valence-electron chi connectivity index (χ1n) is 6.21. The van der Waals surface area contributed by atoms with Crippen molar-refractivity contribution >= 4 is 0 Å². The molecule has 0 aliphatic rings. The average Bonchev–Trinajstić information content (AvgIpc) is 2.33. The number of benzene rings is 2. The van der Waals surface area contributed by atoms with Crippen LogP contribution in [0.4, 0.5) is 4.39 Å². The minimum Gasteiger partial charge on any atom is -0.456 e. The molecule has 0 bridgehead atoms. The largest absolute Gasteiger partial charge is 0.456 e. The molecule has 2 rings (SSSR count). The summed E-state index contributed by atoms with van der Waals surface area (Å²) in [6, 6.07) is 10.4. The highest BCUT2D eigenvalue weighted by Gasteiger charge is 2.16. The van der Waals surface area contributed by atoms with Gasteiger partial charge < -0.3 is 9.84 Å². The van der Waals surface area contributed by atoms with E-state index in [1.807, 2.05) is 32.0 Å². The summed E-state index contributed by atoms with van der Waals surface area (Å²) in [5, 5.41) is 9.68. The molecule has 3 heteroatoms. The average molecular weight is 260 g/mol. The van der Waals surface area contributed by atoms with Gasteiger partial charge in [0.25, 0.3) is 0 Å². The monoisotopic (exact) mass is 260 g/mol. The van der Waals surface area contributed by atoms with E-state index in [2.05, 4.69) is 0 Å². The molecule has 0 amide bonds. The second kappa shape index (κ2) is 5.41. The molecule has 2 nitrogen and oxygen atoms in total. The van der Waals surface area contributed by atoms with E-state index < -0.39 is 11.9 Å². The predicted octanol–water partition coefficient (Wildman–Crippen LogP) is 4.29. The van der Waals surface area contributed by atoms with Crippen molar-refractivity contribution in [3.8, 4) is 11.5 Å². The Bertz CT molecular complexity index is 571. The van der Waals surface area contributed by atoms with E-state index in [0.29, 0.717) is 11.5 Å². The lowest BCUT2D eigenvalue weighted by Crippen LogP contribution is -2.01. The highest BCUT2D eigenvalue weighted by Crippen LogP contribution is 2.34. The Kier molecular flexibility index (Phi) is 3.86. The quantitative estimate of drug-likeness (QED) is 0.892. The lowest BCUT2D eigenvalue weighted by atomic mass is 10.1. The van der Waals surface area contributed by atoms with Crippen LogP contribution in [0.1, 0.15) is 29.7 Å². The van der Waals surface area contributed by atoms with Crippen molar-refractivity contribution in [1.82, 2.24) is 0 Å². The standard InChI is InChI=1S/C16H17FO2/c1-10-6-4-7-11(2)16(10)19-14-9-5-8-13(17)15(14)12(3)18/h4-9,12,18H,1-3H3. The van der Waals surface area contributed by atoms with Crippen molar-refractivity contribution < 1.29 is 14.2 Å². The Hall–Kier alpha value is -1.87. The zero-order chi connectivity index (χ0) is 14.0. The van der Waals surface area contributed by atoms with Gasteiger partial charge in [-0.2, -0.15) is 0 Å². The molecule has 1 N–H and O–H groups in total. The lowest BCUT2D eigenvalue weighted by molar-refractivity contribution is 0.190. The second-order valence-electron chi connectivity index (χ2n) is 4.65. The third kappa shape index (κ3) is 2.76. The normalized spacial score (nSPS) is 12.3. The third-order valence-corrected chi connectivity index (χ3v) is 3.05. The van der Waals surface area contributed by atoms with Crippen LogP contribution < -0.4 is 4.74 Å². The summed E-state index contributed by atoms with van der Waals surface area (Å²) < 4.78 is 19.6. The molecule has 0 radical (unpaired) electrons. The van der Waals surface area contributed by atoms with Crippen LogP contribution in [0.25, 0.3) is 0 Å². The molecule has 2 aromatic carbocycles. The molecule has 0 aromatic heterocycles. The molecule has 1 atom stereocenters. The Balaban J connectivity index is 2.47. The Morgan fingerprint density at radius 2 is 1.63 bits per heavy atom. The molecular formula is C16H17FO2. The van der Waals surface area contributed by atoms with Crippen LogP contribution in [0.5, 0.6) is 11.5 Å². The SMILES string of the molecule is Cc1cccc(C)c1Oc1cccc(F)c1C(C)O. The molecule has 19 heavy (non-hydrogen) atoms. The Morgan fingerprint density at radius 1 is 1.05 bits per heavy atom. The topological polar surface area (TPSA) is 29.5 Å². The molecule has 0 heterocycles. The maximum absolute atomic E-state index is 13.8. The van der Waals surface area contributed by atoms with Gasteiger partial charge in [-0.15, -0.1) is 0 Å². The highest BCUT2D eigenvalue weighted by atomic mass is 19.1. The molecule has 1 unspecified atom stereocenters. The molecule has 100 valence electrons. The van der Waals surface area contributed by atoms with Gasteiger partial charge in [0.1, 0.15) is 17.3 Å². The molecular weight excluding hydrogens is 243 g/mol. The molecule has 0 saturated heterocycles. The van der Waals surface area contributed by atoms with Crippen LogP contribution in [0, 0.1) is 19.7 Å². The van der Waals surface area contributed by atoms with Gasteiger partial charge in [0.2, 0.25) is 0 Å². The number of aliphatic hydroxyl groups excluding tert-OH is 1. The van der Waals surface area contributed by atoms with E-state index in [0.717, 1.165) is 11.1 Å². The van der Waals surface area contributed by atoms with Crippen molar-refractivity contribution in [2.75, 3.05) is 0 Å². The predicted molar refractivity (Wildman–Crippen MR) is 73.0 cm³/mol. The number of aliphatic hydroxyl groups is 1. The fourth-order valence-corrected chi connectivity index (χ4v) is 2.08. The van der Waals surface area contributed by atoms with Gasteiger partial charge in [-0.3, -0.25) is 0 Å². The zero-order valence-corrected chi connectivity index (χ0v) is 11.3. The summed E-state index contributed by atoms with van der Waals surface area (Å²) in [5.74, 6) is 0.598. The summed E-state index contributed by atoms with van der Waals surface area (Å²) in [6.45, 7) is 5.39. The van der Waals surface area contributed by atoms with E-state index in [1.165, 1.54) is 13.0 Å². The van der Waals surface area contributed by atoms with Gasteiger partial charge in [0.15, 0.2) is 0 Å². The molecule has 0 saturated carbocycles. The number of hydrogen-bond acceptors (Lipinski definition) is 2. The Labute approximate surface area is 112 Å². The van der Waals surface area contributed by atoms with Crippen molar-refractivity contribution in [1.29, 1.82) is 0 Å². The minimum absolute atomic E-state index is 0.185. The van der Waals surface area contributed by atoms with E-state index in [4.69, 9.17) is 4.74 Å². The van der Waals surface area contributed by atoms with Gasteiger partial charge >= 0.3 is 0 Å². The molecule has 0 spiro atoms. The molecule has 2 aromatic rings. The molecule has 0 aliphatic carbocycles. The van der Waals surface area contributed by atoms with Gasteiger partial charge in [-0.1, -0.05) is 24.3 Å². The van der Waals surface area contributed by atoms with E-state index in [9.17, 15) is 9.50 Å². The van der Waals surface area contributed by atoms with E-state index in [-0.39, 0.29) is 5.56 Å². The first kappa shape index (κ1) is 13.6. The van der Waals surface area contributed by atoms with Crippen molar-refractivity contribution in [2.45, 2.75) is 26.9 Å². The fourth-order valence-electron chi connectivity index (χ4n) is 2.08. The first-order chi connectivity index (χ1) is 9.00. The first-order valence-corrected chi connectivity index (χ1v) is 6.21. The van der Waals surface area contributed by atoms with E-state index >= 15 is 0 Å². The number of rotatable bonds is 3. The zero-order valence-electron chi connectivity index (χ0n) is 11.3. The van der Waals surface area contributed by atoms with Gasteiger partial charge in [0.05, 0.1) is 11.7 Å². The Morgan fingerprint density at radius 3 is 2.21 bits per heavy atom. The summed E-state index contributed by atoms with van der Waals surface area (Å²) in [4.78, 5) is 0. The highest BCUT2D eigenvalue weighted by molar-refractivity contribution is 5.45. The summed E-state index contributed by atoms with van der Waals surface area (Å²) in [5.41, 5.74) is 2.13. The van der Waals surface area contributed by atoms with Crippen LogP contribution in [-0.2, 0) is 0 Å². The fraction of sp³-hybridized carbons (Fsp3) is 0.250. The molecule has 0 fully saturated rings. The summed E-state index contributed by atoms with van der Waals surface area (Å²) in [6.07, 6.45) is -0.916.